The summed E-state index contributed by atoms with van der Waals surface area (Å²) in [6.07, 6.45) is 8.19. The molecule has 0 amide bonds. The second-order valence-corrected chi connectivity index (χ2v) is 3.86. The molecule has 0 bridgehead atoms. The highest BCUT2D eigenvalue weighted by Crippen LogP contribution is 2.07. The molecule has 0 fully saturated rings. The van der Waals surface area contributed by atoms with Crippen LogP contribution in [-0.4, -0.2) is 20.5 Å². The number of rotatable bonds is 5. The third kappa shape index (κ3) is 3.00. The van der Waals surface area contributed by atoms with Crippen LogP contribution < -0.4 is 0 Å². The van der Waals surface area contributed by atoms with Crippen molar-refractivity contribution in [1.29, 1.82) is 0 Å². The zero-order valence-electron chi connectivity index (χ0n) is 9.84. The summed E-state index contributed by atoms with van der Waals surface area (Å²) < 4.78 is 1.76. The molecule has 0 atom stereocenters. The molecule has 17 heavy (non-hydrogen) atoms. The number of carbonyl (C=O) groups is 1. The first kappa shape index (κ1) is 11.5. The van der Waals surface area contributed by atoms with Crippen LogP contribution in [0.4, 0.5) is 0 Å². The molecule has 2 heterocycles. The number of hydrogen-bond acceptors (Lipinski definition) is 3. The molecule has 0 spiro atoms. The largest absolute Gasteiger partial charge is 0.294 e. The van der Waals surface area contributed by atoms with Gasteiger partial charge < -0.3 is 0 Å². The molecule has 0 aromatic carbocycles. The highest BCUT2D eigenvalue weighted by Gasteiger charge is 2.08. The third-order valence-electron chi connectivity index (χ3n) is 2.67. The Bertz CT molecular complexity index is 490. The Morgan fingerprint density at radius 3 is 2.76 bits per heavy atom. The van der Waals surface area contributed by atoms with E-state index in [-0.39, 0.29) is 5.78 Å². The van der Waals surface area contributed by atoms with Crippen LogP contribution in [0.2, 0.25) is 0 Å². The molecule has 4 nitrogen and oxygen atoms in total. The molecule has 0 aliphatic rings. The molecule has 0 aliphatic carbocycles. The van der Waals surface area contributed by atoms with Crippen LogP contribution in [0, 0.1) is 0 Å². The maximum atomic E-state index is 11.9. The van der Waals surface area contributed by atoms with Crippen LogP contribution in [0.15, 0.2) is 36.9 Å². The zero-order valence-corrected chi connectivity index (χ0v) is 9.84. The van der Waals surface area contributed by atoms with E-state index in [1.54, 1.807) is 29.5 Å². The molecular formula is C13H15N3O. The van der Waals surface area contributed by atoms with Gasteiger partial charge >= 0.3 is 0 Å². The lowest BCUT2D eigenvalue weighted by Crippen LogP contribution is -2.00. The molecule has 0 unspecified atom stereocenters. The minimum Gasteiger partial charge on any atom is -0.294 e. The van der Waals surface area contributed by atoms with Crippen molar-refractivity contribution < 1.29 is 4.79 Å². The van der Waals surface area contributed by atoms with Crippen molar-refractivity contribution in [2.75, 3.05) is 0 Å². The maximum Gasteiger partial charge on any atom is 0.166 e. The number of Topliss-reactive ketones (excluding diaryl/α,β-unsaturated/α-hetero) is 1. The van der Waals surface area contributed by atoms with Crippen molar-refractivity contribution in [3.63, 3.8) is 0 Å². The minimum atomic E-state index is 0.140. The molecule has 0 saturated heterocycles. The molecule has 2 rings (SSSR count). The predicted molar refractivity (Wildman–Crippen MR) is 64.8 cm³/mol. The summed E-state index contributed by atoms with van der Waals surface area (Å²) in [4.78, 5) is 15.8. The average molecular weight is 229 g/mol. The van der Waals surface area contributed by atoms with Gasteiger partial charge in [-0.2, -0.15) is 5.10 Å². The van der Waals surface area contributed by atoms with Crippen molar-refractivity contribution in [2.45, 2.75) is 26.3 Å². The third-order valence-corrected chi connectivity index (χ3v) is 2.67. The maximum absolute atomic E-state index is 11.9. The second-order valence-electron chi connectivity index (χ2n) is 3.86. The standard InChI is InChI=1S/C13H15N3O/c1-2-16-10-12(9-15-16)13(17)4-3-11-5-7-14-8-6-11/h5-10H,2-4H2,1H3. The molecular weight excluding hydrogens is 214 g/mol. The Kier molecular flexibility index (Phi) is 3.65. The van der Waals surface area contributed by atoms with Crippen molar-refractivity contribution in [3.05, 3.63) is 48.0 Å². The van der Waals surface area contributed by atoms with Crippen LogP contribution in [-0.2, 0) is 13.0 Å². The number of nitrogens with zero attached hydrogens (tertiary/aromatic N) is 3. The summed E-state index contributed by atoms with van der Waals surface area (Å²) in [6, 6.07) is 3.87. The number of hydrogen-bond donors (Lipinski definition) is 0. The molecule has 0 aliphatic heterocycles. The van der Waals surface area contributed by atoms with E-state index in [1.165, 1.54) is 0 Å². The first-order valence-electron chi connectivity index (χ1n) is 5.74. The highest BCUT2D eigenvalue weighted by molar-refractivity contribution is 5.95. The van der Waals surface area contributed by atoms with Gasteiger partial charge in [-0.05, 0) is 31.0 Å². The minimum absolute atomic E-state index is 0.140. The van der Waals surface area contributed by atoms with Crippen LogP contribution in [0.5, 0.6) is 0 Å². The predicted octanol–water partition coefficient (Wildman–Crippen LogP) is 2.11. The van der Waals surface area contributed by atoms with Crippen LogP contribution in [0.25, 0.3) is 0 Å². The zero-order chi connectivity index (χ0) is 12.1. The quantitative estimate of drug-likeness (QED) is 0.738. The summed E-state index contributed by atoms with van der Waals surface area (Å²) in [5, 5.41) is 4.10. The number of aryl methyl sites for hydroxylation is 2. The SMILES string of the molecule is CCn1cc(C(=O)CCc2ccncc2)cn1. The van der Waals surface area contributed by atoms with E-state index >= 15 is 0 Å². The van der Waals surface area contributed by atoms with E-state index in [0.29, 0.717) is 12.0 Å². The second kappa shape index (κ2) is 5.39. The van der Waals surface area contributed by atoms with Gasteiger partial charge in [-0.1, -0.05) is 0 Å². The van der Waals surface area contributed by atoms with E-state index in [0.717, 1.165) is 18.5 Å². The summed E-state index contributed by atoms with van der Waals surface area (Å²) >= 11 is 0. The highest BCUT2D eigenvalue weighted by atomic mass is 16.1. The number of carbonyl (C=O) groups excluding carboxylic acids is 1. The van der Waals surface area contributed by atoms with Gasteiger partial charge in [-0.3, -0.25) is 14.5 Å². The van der Waals surface area contributed by atoms with Gasteiger partial charge in [0.15, 0.2) is 5.78 Å². The number of ketones is 1. The van der Waals surface area contributed by atoms with Gasteiger partial charge in [0.2, 0.25) is 0 Å². The van der Waals surface area contributed by atoms with Gasteiger partial charge in [0.25, 0.3) is 0 Å². The fourth-order valence-electron chi connectivity index (χ4n) is 1.63. The van der Waals surface area contributed by atoms with E-state index < -0.39 is 0 Å². The summed E-state index contributed by atoms with van der Waals surface area (Å²) in [7, 11) is 0. The lowest BCUT2D eigenvalue weighted by atomic mass is 10.1. The molecule has 0 N–H and O–H groups in total. The van der Waals surface area contributed by atoms with Crippen molar-refractivity contribution >= 4 is 5.78 Å². The lowest BCUT2D eigenvalue weighted by Gasteiger charge is -1.98. The fraction of sp³-hybridized carbons (Fsp3) is 0.308. The van der Waals surface area contributed by atoms with Crippen LogP contribution in [0.3, 0.4) is 0 Å². The average Bonchev–Trinajstić information content (AvgIpc) is 2.86. The summed E-state index contributed by atoms with van der Waals surface area (Å²) in [5.74, 6) is 0.140. The Morgan fingerprint density at radius 2 is 2.12 bits per heavy atom. The molecule has 4 heteroatoms. The summed E-state index contributed by atoms with van der Waals surface area (Å²) in [6.45, 7) is 2.79. The molecule has 0 radical (unpaired) electrons. The Labute approximate surface area is 100 Å². The number of aromatic nitrogens is 3. The van der Waals surface area contributed by atoms with Gasteiger partial charge in [-0.15, -0.1) is 0 Å². The topological polar surface area (TPSA) is 47.8 Å². The molecule has 88 valence electrons. The van der Waals surface area contributed by atoms with Crippen molar-refractivity contribution in [3.8, 4) is 0 Å². The molecule has 0 saturated carbocycles. The number of pyridine rings is 1. The molecule has 2 aromatic rings. The lowest BCUT2D eigenvalue weighted by molar-refractivity contribution is 0.0982. The van der Waals surface area contributed by atoms with E-state index in [1.807, 2.05) is 19.1 Å². The first-order chi connectivity index (χ1) is 8.29. The first-order valence-corrected chi connectivity index (χ1v) is 5.74. The van der Waals surface area contributed by atoms with Crippen molar-refractivity contribution in [2.24, 2.45) is 0 Å². The van der Waals surface area contributed by atoms with Gasteiger partial charge in [-0.25, -0.2) is 0 Å². The van der Waals surface area contributed by atoms with Gasteiger partial charge in [0, 0.05) is 31.6 Å². The monoisotopic (exact) mass is 229 g/mol. The van der Waals surface area contributed by atoms with Gasteiger partial charge in [0.1, 0.15) is 0 Å². The van der Waals surface area contributed by atoms with Crippen molar-refractivity contribution in [1.82, 2.24) is 14.8 Å². The fourth-order valence-corrected chi connectivity index (χ4v) is 1.63. The van der Waals surface area contributed by atoms with E-state index in [2.05, 4.69) is 10.1 Å². The Morgan fingerprint density at radius 1 is 1.35 bits per heavy atom. The Balaban J connectivity index is 1.93. The Hall–Kier alpha value is -1.97. The normalized spacial score (nSPS) is 10.4. The van der Waals surface area contributed by atoms with E-state index in [9.17, 15) is 4.79 Å². The van der Waals surface area contributed by atoms with Crippen LogP contribution in [0.1, 0.15) is 29.3 Å². The van der Waals surface area contributed by atoms with E-state index in [4.69, 9.17) is 0 Å². The van der Waals surface area contributed by atoms with Crippen LogP contribution >= 0.6 is 0 Å². The van der Waals surface area contributed by atoms with Gasteiger partial charge in [0.05, 0.1) is 11.8 Å². The molecule has 2 aromatic heterocycles. The summed E-state index contributed by atoms with van der Waals surface area (Å²) in [5.41, 5.74) is 1.83. The smallest absolute Gasteiger partial charge is 0.166 e.